The maximum absolute atomic E-state index is 10.4. The molecule has 64 valence electrons. The molecule has 0 unspecified atom stereocenters. The third-order valence-electron chi connectivity index (χ3n) is 1.29. The van der Waals surface area contributed by atoms with E-state index >= 15 is 0 Å². The van der Waals surface area contributed by atoms with Gasteiger partial charge >= 0.3 is 5.97 Å². The third kappa shape index (κ3) is 1.43. The van der Waals surface area contributed by atoms with Crippen LogP contribution in [0.3, 0.4) is 0 Å². The molecule has 0 aromatic heterocycles. The Morgan fingerprint density at radius 1 is 1.25 bits per heavy atom. The fraction of sp³-hybridized carbons (Fsp3) is 0. The molecule has 5 heteroatoms. The number of rotatable bonds is 1. The van der Waals surface area contributed by atoms with Crippen LogP contribution < -0.4 is 0 Å². The number of phenolic OH excluding ortho intramolecular Hbond substituents is 2. The topological polar surface area (TPSA) is 77.8 Å². The Bertz CT molecular complexity index is 334. The van der Waals surface area contributed by atoms with Crippen molar-refractivity contribution in [2.45, 2.75) is 0 Å². The van der Waals surface area contributed by atoms with Crippen molar-refractivity contribution in [1.29, 1.82) is 0 Å². The lowest BCUT2D eigenvalue weighted by molar-refractivity contribution is 0.0696. The van der Waals surface area contributed by atoms with Gasteiger partial charge in [0.25, 0.3) is 0 Å². The molecule has 4 nitrogen and oxygen atoms in total. The summed E-state index contributed by atoms with van der Waals surface area (Å²) in [6, 6.07) is 1.86. The SMILES string of the molecule is O=C(O)c1cc(O)c(O)cc1Cl. The molecule has 1 aromatic carbocycles. The number of hydrogen-bond acceptors (Lipinski definition) is 3. The van der Waals surface area contributed by atoms with Crippen molar-refractivity contribution in [3.05, 3.63) is 22.7 Å². The molecule has 0 heterocycles. The minimum Gasteiger partial charge on any atom is -0.504 e. The van der Waals surface area contributed by atoms with Gasteiger partial charge in [-0.25, -0.2) is 4.79 Å². The van der Waals surface area contributed by atoms with Crippen LogP contribution >= 0.6 is 11.6 Å². The van der Waals surface area contributed by atoms with Crippen LogP contribution in [0.2, 0.25) is 5.02 Å². The maximum atomic E-state index is 10.4. The molecule has 12 heavy (non-hydrogen) atoms. The average Bonchev–Trinajstić information content (AvgIpc) is 1.96. The lowest BCUT2D eigenvalue weighted by Crippen LogP contribution is -1.96. The summed E-state index contributed by atoms with van der Waals surface area (Å²) in [4.78, 5) is 10.4. The molecule has 0 bridgehead atoms. The second-order valence-electron chi connectivity index (χ2n) is 2.13. The van der Waals surface area contributed by atoms with Crippen LogP contribution in [-0.2, 0) is 0 Å². The number of aromatic hydroxyl groups is 2. The van der Waals surface area contributed by atoms with Crippen molar-refractivity contribution >= 4 is 17.6 Å². The van der Waals surface area contributed by atoms with Gasteiger partial charge in [0.05, 0.1) is 10.6 Å². The molecule has 1 rings (SSSR count). The van der Waals surface area contributed by atoms with Crippen molar-refractivity contribution in [2.75, 3.05) is 0 Å². The highest BCUT2D eigenvalue weighted by molar-refractivity contribution is 6.33. The summed E-state index contributed by atoms with van der Waals surface area (Å²) >= 11 is 5.44. The molecule has 0 aliphatic rings. The van der Waals surface area contributed by atoms with Gasteiger partial charge in [-0.2, -0.15) is 0 Å². The van der Waals surface area contributed by atoms with Gasteiger partial charge in [0.15, 0.2) is 11.5 Å². The molecule has 0 amide bonds. The summed E-state index contributed by atoms with van der Waals surface area (Å²) in [5.41, 5.74) is -0.244. The van der Waals surface area contributed by atoms with E-state index < -0.39 is 17.5 Å². The molecule has 0 saturated heterocycles. The normalized spacial score (nSPS) is 9.75. The molecule has 0 aliphatic heterocycles. The number of carboxylic acid groups (broad SMARTS) is 1. The Hall–Kier alpha value is -1.42. The molecule has 0 radical (unpaired) electrons. The standard InChI is InChI=1S/C7H5ClO4/c8-4-2-6(10)5(9)1-3(4)7(11)12/h1-2,9-10H,(H,11,12). The smallest absolute Gasteiger partial charge is 0.337 e. The Kier molecular flexibility index (Phi) is 2.10. The van der Waals surface area contributed by atoms with Crippen LogP contribution in [0.15, 0.2) is 12.1 Å². The van der Waals surface area contributed by atoms with E-state index in [1.165, 1.54) is 0 Å². The highest BCUT2D eigenvalue weighted by Crippen LogP contribution is 2.30. The first-order chi connectivity index (χ1) is 5.52. The van der Waals surface area contributed by atoms with Crippen LogP contribution in [0.5, 0.6) is 11.5 Å². The minimum atomic E-state index is -1.25. The third-order valence-corrected chi connectivity index (χ3v) is 1.61. The monoisotopic (exact) mass is 188 g/mol. The van der Waals surface area contributed by atoms with E-state index in [2.05, 4.69) is 0 Å². The quantitative estimate of drug-likeness (QED) is 0.583. The zero-order valence-electron chi connectivity index (χ0n) is 5.78. The Balaban J connectivity index is 3.33. The number of halogens is 1. The summed E-state index contributed by atoms with van der Waals surface area (Å²) < 4.78 is 0. The zero-order chi connectivity index (χ0) is 9.30. The number of phenols is 2. The van der Waals surface area contributed by atoms with E-state index in [-0.39, 0.29) is 10.6 Å². The second kappa shape index (κ2) is 2.91. The number of hydrogen-bond donors (Lipinski definition) is 3. The van der Waals surface area contributed by atoms with Crippen LogP contribution in [-0.4, -0.2) is 21.3 Å². The Morgan fingerprint density at radius 2 is 1.75 bits per heavy atom. The Morgan fingerprint density at radius 3 is 2.25 bits per heavy atom. The van der Waals surface area contributed by atoms with E-state index in [0.717, 1.165) is 12.1 Å². The zero-order valence-corrected chi connectivity index (χ0v) is 6.54. The van der Waals surface area contributed by atoms with Crippen molar-refractivity contribution in [1.82, 2.24) is 0 Å². The van der Waals surface area contributed by atoms with E-state index in [1.807, 2.05) is 0 Å². The second-order valence-corrected chi connectivity index (χ2v) is 2.53. The van der Waals surface area contributed by atoms with Gasteiger partial charge < -0.3 is 15.3 Å². The van der Waals surface area contributed by atoms with Crippen LogP contribution in [0.4, 0.5) is 0 Å². The van der Waals surface area contributed by atoms with Crippen LogP contribution in [0.1, 0.15) is 10.4 Å². The molecule has 0 atom stereocenters. The van der Waals surface area contributed by atoms with Crippen molar-refractivity contribution in [3.63, 3.8) is 0 Å². The van der Waals surface area contributed by atoms with E-state index in [9.17, 15) is 4.79 Å². The molecular formula is C7H5ClO4. The minimum absolute atomic E-state index is 0.113. The van der Waals surface area contributed by atoms with Crippen molar-refractivity contribution < 1.29 is 20.1 Å². The van der Waals surface area contributed by atoms with Crippen molar-refractivity contribution in [2.24, 2.45) is 0 Å². The van der Waals surface area contributed by atoms with Crippen LogP contribution in [0.25, 0.3) is 0 Å². The molecule has 0 fully saturated rings. The van der Waals surface area contributed by atoms with Gasteiger partial charge in [0, 0.05) is 6.07 Å². The molecular weight excluding hydrogens is 184 g/mol. The predicted octanol–water partition coefficient (Wildman–Crippen LogP) is 1.45. The number of carboxylic acids is 1. The molecule has 0 spiro atoms. The lowest BCUT2D eigenvalue weighted by atomic mass is 10.2. The van der Waals surface area contributed by atoms with Gasteiger partial charge in [-0.1, -0.05) is 11.6 Å². The summed E-state index contributed by atoms with van der Waals surface area (Å²) in [5, 5.41) is 26.2. The first-order valence-corrected chi connectivity index (χ1v) is 3.35. The van der Waals surface area contributed by atoms with Gasteiger partial charge in [0.1, 0.15) is 0 Å². The molecule has 3 N–H and O–H groups in total. The first-order valence-electron chi connectivity index (χ1n) is 2.97. The predicted molar refractivity (Wildman–Crippen MR) is 41.7 cm³/mol. The molecule has 1 aromatic rings. The highest BCUT2D eigenvalue weighted by atomic mass is 35.5. The van der Waals surface area contributed by atoms with Gasteiger partial charge in [-0.05, 0) is 6.07 Å². The summed E-state index contributed by atoms with van der Waals surface area (Å²) in [6.07, 6.45) is 0. The first kappa shape index (κ1) is 8.67. The van der Waals surface area contributed by atoms with Gasteiger partial charge in [-0.3, -0.25) is 0 Å². The number of benzene rings is 1. The summed E-state index contributed by atoms with van der Waals surface area (Å²) in [7, 11) is 0. The fourth-order valence-electron chi connectivity index (χ4n) is 0.715. The van der Waals surface area contributed by atoms with Gasteiger partial charge in [-0.15, -0.1) is 0 Å². The highest BCUT2D eigenvalue weighted by Gasteiger charge is 2.12. The number of carbonyl (C=O) groups is 1. The fourth-order valence-corrected chi connectivity index (χ4v) is 0.954. The van der Waals surface area contributed by atoms with Gasteiger partial charge in [0.2, 0.25) is 0 Å². The Labute approximate surface area is 72.6 Å². The summed E-state index contributed by atoms with van der Waals surface area (Å²) in [5.74, 6) is -2.20. The molecule has 0 saturated carbocycles. The van der Waals surface area contributed by atoms with Crippen molar-refractivity contribution in [3.8, 4) is 11.5 Å². The summed E-state index contributed by atoms with van der Waals surface area (Å²) in [6.45, 7) is 0. The number of aromatic carboxylic acids is 1. The van der Waals surface area contributed by atoms with E-state index in [1.54, 1.807) is 0 Å². The largest absolute Gasteiger partial charge is 0.504 e. The van der Waals surface area contributed by atoms with E-state index in [0.29, 0.717) is 0 Å². The molecule has 0 aliphatic carbocycles. The van der Waals surface area contributed by atoms with E-state index in [4.69, 9.17) is 26.9 Å². The average molecular weight is 189 g/mol. The lowest BCUT2D eigenvalue weighted by Gasteiger charge is -2.01. The maximum Gasteiger partial charge on any atom is 0.337 e. The van der Waals surface area contributed by atoms with Crippen LogP contribution in [0, 0.1) is 0 Å².